The van der Waals surface area contributed by atoms with Crippen LogP contribution in [-0.2, 0) is 21.5 Å². The van der Waals surface area contributed by atoms with Crippen molar-refractivity contribution in [2.75, 3.05) is 5.75 Å². The summed E-state index contributed by atoms with van der Waals surface area (Å²) in [5.41, 5.74) is 0.871. The number of hydrogen-bond acceptors (Lipinski definition) is 4. The van der Waals surface area contributed by atoms with Gasteiger partial charge in [-0.1, -0.05) is 44.2 Å². The lowest BCUT2D eigenvalue weighted by Crippen LogP contribution is -2.37. The predicted octanol–water partition coefficient (Wildman–Crippen LogP) is 2.61. The van der Waals surface area contributed by atoms with Gasteiger partial charge < -0.3 is 10.1 Å². The van der Waals surface area contributed by atoms with Crippen molar-refractivity contribution in [1.29, 1.82) is 0 Å². The lowest BCUT2D eigenvalue weighted by Gasteiger charge is -2.19. The van der Waals surface area contributed by atoms with Crippen LogP contribution in [0.25, 0.3) is 0 Å². The summed E-state index contributed by atoms with van der Waals surface area (Å²) in [6.45, 7) is 4.09. The molecule has 1 atom stereocenters. The first-order chi connectivity index (χ1) is 10.3. The highest BCUT2D eigenvalue weighted by atomic mass is 32.2. The van der Waals surface area contributed by atoms with E-state index in [1.165, 1.54) is 0 Å². The van der Waals surface area contributed by atoms with Crippen LogP contribution < -0.4 is 5.32 Å². The average Bonchev–Trinajstić information content (AvgIpc) is 2.42. The van der Waals surface area contributed by atoms with E-state index in [0.29, 0.717) is 6.42 Å². The van der Waals surface area contributed by atoms with Crippen LogP contribution >= 0.6 is 0 Å². The fraction of sp³-hybridized carbons (Fsp3) is 0.533. The number of alkyl carbamates (subject to hydrolysis) is 1. The monoisotopic (exact) mass is 329 g/mol. The number of hydrogen-bond donors (Lipinski definition) is 2. The molecule has 1 aromatic rings. The molecule has 0 bridgehead atoms. The molecule has 1 rings (SSSR count). The third-order valence-corrected chi connectivity index (χ3v) is 3.77. The van der Waals surface area contributed by atoms with Crippen LogP contribution in [0.5, 0.6) is 0 Å². The average molecular weight is 329 g/mol. The van der Waals surface area contributed by atoms with E-state index in [9.17, 15) is 13.2 Å². The second kappa shape index (κ2) is 8.75. The van der Waals surface area contributed by atoms with Gasteiger partial charge in [-0.2, -0.15) is 8.42 Å². The number of nitrogens with one attached hydrogen (secondary N) is 1. The van der Waals surface area contributed by atoms with Gasteiger partial charge in [-0.3, -0.25) is 4.55 Å². The fourth-order valence-electron chi connectivity index (χ4n) is 2.04. The Morgan fingerprint density at radius 1 is 1.27 bits per heavy atom. The first kappa shape index (κ1) is 18.4. The standard InChI is InChI=1S/C15H23NO5S/c1-12(2)10-14(8-9-22(18,19)20)16-15(17)21-11-13-6-4-3-5-7-13/h3-7,12,14H,8-11H2,1-2H3,(H,16,17)(H,18,19,20)/t14-/m1/s1. The number of amides is 1. The highest BCUT2D eigenvalue weighted by Crippen LogP contribution is 2.10. The minimum atomic E-state index is -4.04. The van der Waals surface area contributed by atoms with Gasteiger partial charge in [0.2, 0.25) is 0 Å². The maximum atomic E-state index is 11.8. The van der Waals surface area contributed by atoms with Gasteiger partial charge in [0.1, 0.15) is 6.61 Å². The summed E-state index contributed by atoms with van der Waals surface area (Å²) in [4.78, 5) is 11.8. The second-order valence-corrected chi connectivity index (χ2v) is 7.18. The van der Waals surface area contributed by atoms with E-state index < -0.39 is 16.2 Å². The lowest BCUT2D eigenvalue weighted by molar-refractivity contribution is 0.134. The van der Waals surface area contributed by atoms with Crippen molar-refractivity contribution in [1.82, 2.24) is 5.32 Å². The van der Waals surface area contributed by atoms with Gasteiger partial charge >= 0.3 is 6.09 Å². The van der Waals surface area contributed by atoms with Crippen LogP contribution in [-0.4, -0.2) is 30.9 Å². The van der Waals surface area contributed by atoms with Crippen molar-refractivity contribution in [3.05, 3.63) is 35.9 Å². The highest BCUT2D eigenvalue weighted by molar-refractivity contribution is 7.85. The zero-order valence-electron chi connectivity index (χ0n) is 12.9. The van der Waals surface area contributed by atoms with Gasteiger partial charge in [0.15, 0.2) is 0 Å². The van der Waals surface area contributed by atoms with Crippen molar-refractivity contribution in [3.63, 3.8) is 0 Å². The normalized spacial score (nSPS) is 12.9. The van der Waals surface area contributed by atoms with Crippen molar-refractivity contribution in [2.24, 2.45) is 5.92 Å². The van der Waals surface area contributed by atoms with E-state index in [-0.39, 0.29) is 30.7 Å². The molecule has 0 aliphatic heterocycles. The van der Waals surface area contributed by atoms with E-state index in [1.54, 1.807) is 0 Å². The van der Waals surface area contributed by atoms with Crippen LogP contribution in [0.1, 0.15) is 32.3 Å². The molecule has 7 heteroatoms. The Balaban J connectivity index is 2.47. The summed E-state index contributed by atoms with van der Waals surface area (Å²) in [5, 5.41) is 2.65. The molecule has 1 aromatic carbocycles. The maximum absolute atomic E-state index is 11.8. The molecule has 0 aliphatic carbocycles. The van der Waals surface area contributed by atoms with Crippen molar-refractivity contribution < 1.29 is 22.5 Å². The third kappa shape index (κ3) is 8.63. The summed E-state index contributed by atoms with van der Waals surface area (Å²) < 4.78 is 35.6. The van der Waals surface area contributed by atoms with Crippen LogP contribution in [0.4, 0.5) is 4.79 Å². The first-order valence-electron chi connectivity index (χ1n) is 7.18. The van der Waals surface area contributed by atoms with E-state index in [0.717, 1.165) is 5.56 Å². The summed E-state index contributed by atoms with van der Waals surface area (Å²) in [7, 11) is -4.04. The first-order valence-corrected chi connectivity index (χ1v) is 8.79. The Bertz CT molecular complexity index is 557. The largest absolute Gasteiger partial charge is 0.445 e. The molecule has 6 nitrogen and oxygen atoms in total. The molecule has 0 spiro atoms. The zero-order chi connectivity index (χ0) is 16.6. The van der Waals surface area contributed by atoms with Gasteiger partial charge in [-0.05, 0) is 24.3 Å². The smallest absolute Gasteiger partial charge is 0.407 e. The molecular weight excluding hydrogens is 306 g/mol. The Labute approximate surface area is 131 Å². The van der Waals surface area contributed by atoms with Crippen LogP contribution in [0.15, 0.2) is 30.3 Å². The Kier molecular flexibility index (Phi) is 7.34. The zero-order valence-corrected chi connectivity index (χ0v) is 13.7. The Hall–Kier alpha value is -1.60. The van der Waals surface area contributed by atoms with E-state index >= 15 is 0 Å². The SMILES string of the molecule is CC(C)C[C@@H](CCS(=O)(=O)O)NC(=O)OCc1ccccc1. The summed E-state index contributed by atoms with van der Waals surface area (Å²) >= 11 is 0. The van der Waals surface area contributed by atoms with Crippen LogP contribution in [0, 0.1) is 5.92 Å². The predicted molar refractivity (Wildman–Crippen MR) is 84.0 cm³/mol. The molecule has 0 aromatic heterocycles. The number of carbonyl (C=O) groups excluding carboxylic acids is 1. The summed E-state index contributed by atoms with van der Waals surface area (Å²) in [6.07, 6.45) is 0.165. The quantitative estimate of drug-likeness (QED) is 0.715. The molecule has 0 saturated carbocycles. The molecule has 0 radical (unpaired) electrons. The number of benzene rings is 1. The van der Waals surface area contributed by atoms with Gasteiger partial charge in [-0.15, -0.1) is 0 Å². The summed E-state index contributed by atoms with van der Waals surface area (Å²) in [5.74, 6) is -0.107. The van der Waals surface area contributed by atoms with Crippen LogP contribution in [0.2, 0.25) is 0 Å². The molecule has 0 fully saturated rings. The number of rotatable bonds is 8. The van der Waals surface area contributed by atoms with Gasteiger partial charge in [0.05, 0.1) is 5.75 Å². The van der Waals surface area contributed by atoms with Crippen molar-refractivity contribution in [3.8, 4) is 0 Å². The minimum Gasteiger partial charge on any atom is -0.445 e. The molecule has 0 unspecified atom stereocenters. The third-order valence-electron chi connectivity index (χ3n) is 3.01. The topological polar surface area (TPSA) is 92.7 Å². The minimum absolute atomic E-state index is 0.150. The highest BCUT2D eigenvalue weighted by Gasteiger charge is 2.17. The summed E-state index contributed by atoms with van der Waals surface area (Å²) in [6, 6.07) is 8.91. The lowest BCUT2D eigenvalue weighted by atomic mass is 10.0. The Morgan fingerprint density at radius 3 is 2.45 bits per heavy atom. The molecule has 1 amide bonds. The number of ether oxygens (including phenoxy) is 1. The maximum Gasteiger partial charge on any atom is 0.407 e. The van der Waals surface area contributed by atoms with Crippen molar-refractivity contribution >= 4 is 16.2 Å². The molecule has 124 valence electrons. The molecule has 22 heavy (non-hydrogen) atoms. The molecule has 2 N–H and O–H groups in total. The van der Waals surface area contributed by atoms with Gasteiger partial charge in [0, 0.05) is 6.04 Å². The molecule has 0 aliphatic rings. The fourth-order valence-corrected chi connectivity index (χ4v) is 2.62. The Morgan fingerprint density at radius 2 is 1.91 bits per heavy atom. The van der Waals surface area contributed by atoms with Gasteiger partial charge in [-0.25, -0.2) is 4.79 Å². The van der Waals surface area contributed by atoms with E-state index in [1.807, 2.05) is 44.2 Å². The van der Waals surface area contributed by atoms with Crippen LogP contribution in [0.3, 0.4) is 0 Å². The molecule has 0 saturated heterocycles. The molecule has 0 heterocycles. The van der Waals surface area contributed by atoms with Gasteiger partial charge in [0.25, 0.3) is 10.1 Å². The van der Waals surface area contributed by atoms with E-state index in [2.05, 4.69) is 5.32 Å². The second-order valence-electron chi connectivity index (χ2n) is 5.61. The molecular formula is C15H23NO5S. The van der Waals surface area contributed by atoms with E-state index in [4.69, 9.17) is 9.29 Å². The number of carbonyl (C=O) groups is 1. The van der Waals surface area contributed by atoms with Crippen molar-refractivity contribution in [2.45, 2.75) is 39.3 Å².